The molecule has 1 unspecified atom stereocenters. The van der Waals surface area contributed by atoms with Gasteiger partial charge in [-0.3, -0.25) is 4.79 Å². The summed E-state index contributed by atoms with van der Waals surface area (Å²) >= 11 is 0. The summed E-state index contributed by atoms with van der Waals surface area (Å²) < 4.78 is 24.4. The SMILES string of the molecule is [2H]C(c1ccc(-c2ccc(N(C)C)cc2)cc1F)N(C(=O)c1ccccc1)c1cccc(/C=C/C(=O)O)c1. The van der Waals surface area contributed by atoms with E-state index in [-0.39, 0.29) is 5.56 Å². The molecule has 6 heteroatoms. The number of rotatable bonds is 8. The first kappa shape index (κ1) is 24.0. The van der Waals surface area contributed by atoms with Gasteiger partial charge in [0.05, 0.1) is 7.89 Å². The number of hydrogen-bond acceptors (Lipinski definition) is 3. The number of hydrogen-bond donors (Lipinski definition) is 1. The first-order valence-corrected chi connectivity index (χ1v) is 11.6. The van der Waals surface area contributed by atoms with Gasteiger partial charge in [0.1, 0.15) is 5.82 Å². The number of carboxylic acids is 1. The highest BCUT2D eigenvalue weighted by atomic mass is 19.1. The quantitative estimate of drug-likeness (QED) is 0.283. The molecule has 0 saturated carbocycles. The van der Waals surface area contributed by atoms with Crippen LogP contribution in [-0.2, 0) is 11.3 Å². The molecule has 186 valence electrons. The van der Waals surface area contributed by atoms with Crippen LogP contribution in [0.3, 0.4) is 0 Å². The van der Waals surface area contributed by atoms with Crippen molar-refractivity contribution < 1.29 is 20.5 Å². The minimum absolute atomic E-state index is 0.0365. The zero-order valence-electron chi connectivity index (χ0n) is 21.5. The molecule has 1 amide bonds. The molecule has 0 aliphatic rings. The lowest BCUT2D eigenvalue weighted by molar-refractivity contribution is -0.131. The van der Waals surface area contributed by atoms with Gasteiger partial charge >= 0.3 is 5.97 Å². The van der Waals surface area contributed by atoms with Crippen molar-refractivity contribution in [2.75, 3.05) is 23.9 Å². The van der Waals surface area contributed by atoms with Crippen LogP contribution in [0.25, 0.3) is 17.2 Å². The Hall–Kier alpha value is -4.71. The number of carbonyl (C=O) groups excluding carboxylic acids is 1. The van der Waals surface area contributed by atoms with E-state index in [0.717, 1.165) is 17.3 Å². The van der Waals surface area contributed by atoms with E-state index in [2.05, 4.69) is 0 Å². The summed E-state index contributed by atoms with van der Waals surface area (Å²) in [7, 11) is 3.89. The van der Waals surface area contributed by atoms with Crippen LogP contribution in [0, 0.1) is 5.82 Å². The van der Waals surface area contributed by atoms with E-state index in [4.69, 9.17) is 6.48 Å². The second kappa shape index (κ2) is 11.4. The molecule has 0 radical (unpaired) electrons. The van der Waals surface area contributed by atoms with E-state index >= 15 is 4.39 Å². The van der Waals surface area contributed by atoms with Gasteiger partial charge in [0.25, 0.3) is 5.91 Å². The molecule has 0 aromatic heterocycles. The third kappa shape index (κ3) is 6.30. The van der Waals surface area contributed by atoms with E-state index in [9.17, 15) is 9.59 Å². The molecule has 0 saturated heterocycles. The maximum atomic E-state index is 15.5. The van der Waals surface area contributed by atoms with Gasteiger partial charge in [0, 0.05) is 42.7 Å². The number of amides is 1. The summed E-state index contributed by atoms with van der Waals surface area (Å²) in [5.74, 6) is -2.19. The molecule has 1 atom stereocenters. The third-order valence-corrected chi connectivity index (χ3v) is 5.79. The summed E-state index contributed by atoms with van der Waals surface area (Å²) in [6, 6.07) is 27.4. The van der Waals surface area contributed by atoms with Crippen molar-refractivity contribution in [3.8, 4) is 11.1 Å². The minimum Gasteiger partial charge on any atom is -0.478 e. The van der Waals surface area contributed by atoms with Crippen molar-refractivity contribution in [2.24, 2.45) is 0 Å². The van der Waals surface area contributed by atoms with Crippen LogP contribution in [0.4, 0.5) is 15.8 Å². The molecule has 5 nitrogen and oxygen atoms in total. The summed E-state index contributed by atoms with van der Waals surface area (Å²) in [4.78, 5) is 27.7. The first-order valence-electron chi connectivity index (χ1n) is 12.2. The smallest absolute Gasteiger partial charge is 0.328 e. The zero-order valence-corrected chi connectivity index (χ0v) is 20.5. The van der Waals surface area contributed by atoms with E-state index in [0.29, 0.717) is 22.4 Å². The molecule has 0 aliphatic heterocycles. The number of nitrogens with zero attached hydrogens (tertiary/aromatic N) is 2. The van der Waals surface area contributed by atoms with E-state index in [1.165, 1.54) is 23.1 Å². The summed E-state index contributed by atoms with van der Waals surface area (Å²) in [5.41, 5.74) is 3.76. The van der Waals surface area contributed by atoms with Crippen molar-refractivity contribution in [1.82, 2.24) is 0 Å². The number of benzene rings is 4. The number of carbonyl (C=O) groups is 2. The van der Waals surface area contributed by atoms with Gasteiger partial charge in [-0.05, 0) is 65.2 Å². The Morgan fingerprint density at radius 3 is 2.22 bits per heavy atom. The highest BCUT2D eigenvalue weighted by molar-refractivity contribution is 6.06. The topological polar surface area (TPSA) is 60.9 Å². The van der Waals surface area contributed by atoms with E-state index < -0.39 is 24.2 Å². The van der Waals surface area contributed by atoms with E-state index in [1.807, 2.05) is 43.3 Å². The Balaban J connectivity index is 1.73. The van der Waals surface area contributed by atoms with Gasteiger partial charge < -0.3 is 14.9 Å². The van der Waals surface area contributed by atoms with Crippen molar-refractivity contribution in [3.63, 3.8) is 0 Å². The first-order chi connectivity index (χ1) is 18.2. The van der Waals surface area contributed by atoms with Crippen LogP contribution in [0.1, 0.15) is 22.9 Å². The highest BCUT2D eigenvalue weighted by Gasteiger charge is 2.20. The Bertz CT molecular complexity index is 1470. The number of halogens is 1. The molecule has 4 rings (SSSR count). The lowest BCUT2D eigenvalue weighted by Crippen LogP contribution is -2.30. The molecule has 0 bridgehead atoms. The Kier molecular flexibility index (Phi) is 7.36. The van der Waals surface area contributed by atoms with Crippen LogP contribution in [0.5, 0.6) is 0 Å². The molecule has 4 aromatic rings. The van der Waals surface area contributed by atoms with Crippen LogP contribution in [0.2, 0.25) is 0 Å². The lowest BCUT2D eigenvalue weighted by atomic mass is 10.0. The van der Waals surface area contributed by atoms with E-state index in [1.54, 1.807) is 60.7 Å². The number of aliphatic carboxylic acids is 1. The van der Waals surface area contributed by atoms with Crippen LogP contribution in [0.15, 0.2) is 103 Å². The highest BCUT2D eigenvalue weighted by Crippen LogP contribution is 2.27. The number of carboxylic acid groups (broad SMARTS) is 1. The van der Waals surface area contributed by atoms with Gasteiger partial charge in [0.2, 0.25) is 0 Å². The van der Waals surface area contributed by atoms with Gasteiger partial charge in [-0.2, -0.15) is 0 Å². The van der Waals surface area contributed by atoms with Gasteiger partial charge in [0.15, 0.2) is 0 Å². The average molecular weight is 496 g/mol. The predicted octanol–water partition coefficient (Wildman–Crippen LogP) is 6.50. The van der Waals surface area contributed by atoms with Crippen LogP contribution < -0.4 is 9.80 Å². The normalized spacial score (nSPS) is 12.1. The van der Waals surface area contributed by atoms with Crippen LogP contribution in [-0.4, -0.2) is 31.1 Å². The summed E-state index contributed by atoms with van der Waals surface area (Å²) in [6.07, 6.45) is 2.39. The fourth-order valence-electron chi connectivity index (χ4n) is 3.82. The maximum absolute atomic E-state index is 15.5. The lowest BCUT2D eigenvalue weighted by Gasteiger charge is -2.24. The Morgan fingerprint density at radius 1 is 0.865 bits per heavy atom. The Labute approximate surface area is 217 Å². The van der Waals surface area contributed by atoms with Crippen molar-refractivity contribution in [3.05, 3.63) is 126 Å². The Morgan fingerprint density at radius 2 is 1.57 bits per heavy atom. The fourth-order valence-corrected chi connectivity index (χ4v) is 3.82. The maximum Gasteiger partial charge on any atom is 0.328 e. The van der Waals surface area contributed by atoms with Crippen molar-refractivity contribution in [2.45, 2.75) is 6.52 Å². The predicted molar refractivity (Wildman–Crippen MR) is 146 cm³/mol. The van der Waals surface area contributed by atoms with Gasteiger partial charge in [-0.1, -0.05) is 54.6 Å². The molecular formula is C31H27FN2O3. The average Bonchev–Trinajstić information content (AvgIpc) is 2.92. The monoisotopic (exact) mass is 495 g/mol. The molecular weight excluding hydrogens is 467 g/mol. The second-order valence-corrected chi connectivity index (χ2v) is 8.61. The zero-order chi connectivity index (χ0) is 27.2. The summed E-state index contributed by atoms with van der Waals surface area (Å²) in [5, 5.41) is 8.98. The molecule has 0 spiro atoms. The summed E-state index contributed by atoms with van der Waals surface area (Å²) in [6.45, 7) is -1.40. The molecule has 1 N–H and O–H groups in total. The molecule has 0 fully saturated rings. The minimum atomic E-state index is -1.40. The van der Waals surface area contributed by atoms with Gasteiger partial charge in [-0.15, -0.1) is 0 Å². The van der Waals surface area contributed by atoms with Crippen molar-refractivity contribution >= 4 is 29.3 Å². The molecule has 0 aliphatic carbocycles. The molecule has 0 heterocycles. The molecule has 37 heavy (non-hydrogen) atoms. The van der Waals surface area contributed by atoms with Crippen LogP contribution >= 0.6 is 0 Å². The second-order valence-electron chi connectivity index (χ2n) is 8.61. The van der Waals surface area contributed by atoms with Gasteiger partial charge in [-0.25, -0.2) is 9.18 Å². The third-order valence-electron chi connectivity index (χ3n) is 5.79. The largest absolute Gasteiger partial charge is 0.478 e. The van der Waals surface area contributed by atoms with Crippen molar-refractivity contribution in [1.29, 1.82) is 0 Å². The molecule has 4 aromatic carbocycles. The standard InChI is InChI=1S/C31H27FN2O3/c1-33(2)27-16-14-23(15-17-27)25-12-13-26(29(32)20-25)21-34(31(37)24-8-4-3-5-9-24)28-10-6-7-22(19-28)11-18-30(35)36/h3-20H,21H2,1-2H3,(H,35,36)/b18-11+/i21D. The fraction of sp³-hybridized carbons (Fsp3) is 0.0968. The number of anilines is 2.